The van der Waals surface area contributed by atoms with Crippen LogP contribution in [0.5, 0.6) is 0 Å². The maximum atomic E-state index is 12.2. The minimum Gasteiger partial charge on any atom is -0.317 e. The molecule has 5 nitrogen and oxygen atoms in total. The molecule has 2 fully saturated rings. The summed E-state index contributed by atoms with van der Waals surface area (Å²) in [5, 5.41) is 3.21. The molecule has 0 amide bonds. The van der Waals surface area contributed by atoms with Crippen LogP contribution in [0.3, 0.4) is 0 Å². The van der Waals surface area contributed by atoms with Gasteiger partial charge in [0.15, 0.2) is 0 Å². The molecule has 0 spiro atoms. The lowest BCUT2D eigenvalue weighted by molar-refractivity contribution is 0.329. The lowest BCUT2D eigenvalue weighted by atomic mass is 9.89. The van der Waals surface area contributed by atoms with Crippen LogP contribution in [0.15, 0.2) is 0 Å². The summed E-state index contributed by atoms with van der Waals surface area (Å²) in [4.78, 5) is 0. The van der Waals surface area contributed by atoms with Crippen LogP contribution in [-0.4, -0.2) is 45.9 Å². The first-order valence-electron chi connectivity index (χ1n) is 7.94. The summed E-state index contributed by atoms with van der Waals surface area (Å²) in [6.45, 7) is 5.04. The first-order chi connectivity index (χ1) is 9.53. The maximum absolute atomic E-state index is 12.2. The Morgan fingerprint density at radius 1 is 1.25 bits per heavy atom. The van der Waals surface area contributed by atoms with Gasteiger partial charge in [-0.2, -0.15) is 12.7 Å². The van der Waals surface area contributed by atoms with E-state index in [1.165, 1.54) is 30.0 Å². The highest BCUT2D eigenvalue weighted by atomic mass is 32.2. The molecule has 2 aliphatic carbocycles. The Morgan fingerprint density at radius 3 is 2.65 bits per heavy atom. The van der Waals surface area contributed by atoms with Crippen LogP contribution in [0, 0.1) is 17.8 Å². The molecule has 0 aromatic heterocycles. The second-order valence-corrected chi connectivity index (χ2v) is 8.18. The van der Waals surface area contributed by atoms with Crippen LogP contribution in [0.25, 0.3) is 0 Å². The van der Waals surface area contributed by atoms with E-state index in [0.29, 0.717) is 19.0 Å². The van der Waals surface area contributed by atoms with Crippen LogP contribution in [0.4, 0.5) is 0 Å². The quantitative estimate of drug-likeness (QED) is 0.629. The Kier molecular flexibility index (Phi) is 5.84. The van der Waals surface area contributed by atoms with Gasteiger partial charge in [-0.3, -0.25) is 0 Å². The summed E-state index contributed by atoms with van der Waals surface area (Å²) in [5.41, 5.74) is 0. The molecule has 2 saturated carbocycles. The maximum Gasteiger partial charge on any atom is 0.279 e. The molecule has 0 aromatic rings. The minimum atomic E-state index is -3.30. The number of hydrogen-bond donors (Lipinski definition) is 2. The van der Waals surface area contributed by atoms with Gasteiger partial charge in [-0.15, -0.1) is 0 Å². The standard InChI is InChI=1S/C14H29N3O2S/c1-3-15-7-4-8-17(2)20(18,19)16-11-14-10-12-5-6-13(14)9-12/h12-16H,3-11H2,1-2H3. The normalized spacial score (nSPS) is 29.4. The van der Waals surface area contributed by atoms with Crippen molar-refractivity contribution < 1.29 is 8.42 Å². The summed E-state index contributed by atoms with van der Waals surface area (Å²) >= 11 is 0. The minimum absolute atomic E-state index is 0.568. The molecular formula is C14H29N3O2S. The fourth-order valence-electron chi connectivity index (χ4n) is 3.67. The first-order valence-corrected chi connectivity index (χ1v) is 9.38. The fraction of sp³-hybridized carbons (Fsp3) is 1.00. The highest BCUT2D eigenvalue weighted by molar-refractivity contribution is 7.87. The van der Waals surface area contributed by atoms with E-state index in [9.17, 15) is 8.42 Å². The topological polar surface area (TPSA) is 61.4 Å². The zero-order valence-corrected chi connectivity index (χ0v) is 13.6. The van der Waals surface area contributed by atoms with E-state index >= 15 is 0 Å². The molecule has 0 aromatic carbocycles. The second-order valence-electron chi connectivity index (χ2n) is 6.32. The number of nitrogens with zero attached hydrogens (tertiary/aromatic N) is 1. The molecule has 2 rings (SSSR count). The van der Waals surface area contributed by atoms with Crippen molar-refractivity contribution in [3.05, 3.63) is 0 Å². The van der Waals surface area contributed by atoms with Gasteiger partial charge in [-0.05, 0) is 56.5 Å². The summed E-state index contributed by atoms with van der Waals surface area (Å²) in [6.07, 6.45) is 6.05. The molecule has 0 radical (unpaired) electrons. The molecule has 2 bridgehead atoms. The zero-order valence-electron chi connectivity index (χ0n) is 12.8. The van der Waals surface area contributed by atoms with E-state index in [0.717, 1.165) is 31.3 Å². The van der Waals surface area contributed by atoms with Gasteiger partial charge >= 0.3 is 0 Å². The van der Waals surface area contributed by atoms with Gasteiger partial charge < -0.3 is 5.32 Å². The number of fused-ring (bicyclic) bond motifs is 2. The first kappa shape index (κ1) is 16.2. The van der Waals surface area contributed by atoms with Gasteiger partial charge in [0.05, 0.1) is 0 Å². The fourth-order valence-corrected chi connectivity index (χ4v) is 4.69. The van der Waals surface area contributed by atoms with Gasteiger partial charge in [0.1, 0.15) is 0 Å². The van der Waals surface area contributed by atoms with Crippen molar-refractivity contribution in [3.63, 3.8) is 0 Å². The van der Waals surface area contributed by atoms with Crippen LogP contribution < -0.4 is 10.0 Å². The highest BCUT2D eigenvalue weighted by Crippen LogP contribution is 2.47. The third-order valence-electron chi connectivity index (χ3n) is 4.90. The average molecular weight is 303 g/mol. The van der Waals surface area contributed by atoms with E-state index in [2.05, 4.69) is 17.0 Å². The molecule has 118 valence electrons. The van der Waals surface area contributed by atoms with Crippen LogP contribution in [0.2, 0.25) is 0 Å². The average Bonchev–Trinajstić information content (AvgIpc) is 3.03. The van der Waals surface area contributed by atoms with Gasteiger partial charge in [0, 0.05) is 20.1 Å². The summed E-state index contributed by atoms with van der Waals surface area (Å²) < 4.78 is 28.5. The molecule has 2 N–H and O–H groups in total. The Labute approximate surface area is 123 Å². The third-order valence-corrected chi connectivity index (χ3v) is 6.43. The molecule has 0 heterocycles. The largest absolute Gasteiger partial charge is 0.317 e. The van der Waals surface area contributed by atoms with Crippen LogP contribution in [-0.2, 0) is 10.2 Å². The predicted molar refractivity (Wildman–Crippen MR) is 81.7 cm³/mol. The summed E-state index contributed by atoms with van der Waals surface area (Å²) in [7, 11) is -1.63. The van der Waals surface area contributed by atoms with E-state index in [-0.39, 0.29) is 0 Å². The molecule has 6 heteroatoms. The van der Waals surface area contributed by atoms with Crippen molar-refractivity contribution in [2.75, 3.05) is 33.2 Å². The van der Waals surface area contributed by atoms with Gasteiger partial charge in [0.2, 0.25) is 0 Å². The smallest absolute Gasteiger partial charge is 0.279 e. The molecule has 3 unspecified atom stereocenters. The Morgan fingerprint density at radius 2 is 2.05 bits per heavy atom. The molecule has 0 saturated heterocycles. The number of nitrogens with one attached hydrogen (secondary N) is 2. The number of hydrogen-bond acceptors (Lipinski definition) is 3. The Balaban J connectivity index is 1.70. The predicted octanol–water partition coefficient (Wildman–Crippen LogP) is 1.19. The summed E-state index contributed by atoms with van der Waals surface area (Å²) in [6, 6.07) is 0. The van der Waals surface area contributed by atoms with Gasteiger partial charge in [-0.25, -0.2) is 4.72 Å². The van der Waals surface area contributed by atoms with Crippen LogP contribution >= 0.6 is 0 Å². The molecule has 20 heavy (non-hydrogen) atoms. The van der Waals surface area contributed by atoms with Crippen molar-refractivity contribution in [1.29, 1.82) is 0 Å². The Hall–Kier alpha value is -0.170. The lowest BCUT2D eigenvalue weighted by Crippen LogP contribution is -2.42. The van der Waals surface area contributed by atoms with Crippen molar-refractivity contribution >= 4 is 10.2 Å². The van der Waals surface area contributed by atoms with Gasteiger partial charge in [-0.1, -0.05) is 13.3 Å². The zero-order chi connectivity index (χ0) is 14.6. The van der Waals surface area contributed by atoms with Crippen molar-refractivity contribution in [1.82, 2.24) is 14.3 Å². The molecule has 0 aliphatic heterocycles. The van der Waals surface area contributed by atoms with E-state index in [4.69, 9.17) is 0 Å². The van der Waals surface area contributed by atoms with Gasteiger partial charge in [0.25, 0.3) is 10.2 Å². The van der Waals surface area contributed by atoms with E-state index < -0.39 is 10.2 Å². The van der Waals surface area contributed by atoms with E-state index in [1.807, 2.05) is 0 Å². The second kappa shape index (κ2) is 7.20. The van der Waals surface area contributed by atoms with Crippen molar-refractivity contribution in [2.45, 2.75) is 39.0 Å². The Bertz CT molecular complexity index is 399. The highest BCUT2D eigenvalue weighted by Gasteiger charge is 2.39. The summed E-state index contributed by atoms with van der Waals surface area (Å²) in [5.74, 6) is 2.20. The molecular weight excluding hydrogens is 274 g/mol. The van der Waals surface area contributed by atoms with E-state index in [1.54, 1.807) is 7.05 Å². The monoisotopic (exact) mass is 303 g/mol. The van der Waals surface area contributed by atoms with Crippen molar-refractivity contribution in [2.24, 2.45) is 17.8 Å². The number of rotatable bonds is 9. The lowest BCUT2D eigenvalue weighted by Gasteiger charge is -2.24. The molecule has 3 atom stereocenters. The van der Waals surface area contributed by atoms with Crippen molar-refractivity contribution in [3.8, 4) is 0 Å². The SMILES string of the molecule is CCNCCCN(C)S(=O)(=O)NCC1CC2CCC1C2. The van der Waals surface area contributed by atoms with Crippen LogP contribution in [0.1, 0.15) is 39.0 Å². The third kappa shape index (κ3) is 4.16. The molecule has 2 aliphatic rings.